The Bertz CT molecular complexity index is 875. The van der Waals surface area contributed by atoms with Gasteiger partial charge in [-0.15, -0.1) is 5.01 Å². The number of hydrogen-bond donors (Lipinski definition) is 1. The quantitative estimate of drug-likeness (QED) is 0.169. The molecule has 0 saturated carbocycles. The van der Waals surface area contributed by atoms with Crippen molar-refractivity contribution in [2.24, 2.45) is 5.28 Å². The van der Waals surface area contributed by atoms with Crippen LogP contribution in [0.25, 0.3) is 6.08 Å². The largest absolute Gasteiger partial charge is 0.569 e. The number of fused-ring (bicyclic) bond motifs is 1. The number of carbonyl (C=O) groups is 1. The molecule has 1 atom stereocenters. The number of aliphatic hydroxyl groups excluding tert-OH is 1. The first-order valence-electron chi connectivity index (χ1n) is 8.51. The predicted octanol–water partition coefficient (Wildman–Crippen LogP) is 2.90. The van der Waals surface area contributed by atoms with Gasteiger partial charge in [-0.25, -0.2) is 4.79 Å². The summed E-state index contributed by atoms with van der Waals surface area (Å²) in [6.07, 6.45) is -6.44. The highest BCUT2D eigenvalue weighted by Gasteiger charge is 2.49. The summed E-state index contributed by atoms with van der Waals surface area (Å²) >= 11 is 6.14. The molecule has 13 heteroatoms. The summed E-state index contributed by atoms with van der Waals surface area (Å²) in [5, 5.41) is 24.4. The Morgan fingerprint density at radius 1 is 1.47 bits per heavy atom. The van der Waals surface area contributed by atoms with Gasteiger partial charge in [0.05, 0.1) is 30.7 Å². The van der Waals surface area contributed by atoms with Crippen molar-refractivity contribution in [1.29, 1.82) is 0 Å². The third-order valence-corrected chi connectivity index (χ3v) is 4.72. The minimum Gasteiger partial charge on any atom is -0.569 e. The third-order valence-electron chi connectivity index (χ3n) is 4.14. The molecule has 1 aliphatic heterocycles. The minimum absolute atomic E-state index is 0.0322. The van der Waals surface area contributed by atoms with Gasteiger partial charge >= 0.3 is 12.1 Å². The highest BCUT2D eigenvalue weighted by molar-refractivity contribution is 6.32. The van der Waals surface area contributed by atoms with Crippen LogP contribution in [0.5, 0.6) is 5.75 Å². The second-order valence-electron chi connectivity index (χ2n) is 6.30. The predicted molar refractivity (Wildman–Crippen MR) is 97.2 cm³/mol. The summed E-state index contributed by atoms with van der Waals surface area (Å²) < 4.78 is 50.1. The van der Waals surface area contributed by atoms with Gasteiger partial charge in [-0.05, 0) is 37.1 Å². The molecule has 0 aliphatic carbocycles. The van der Waals surface area contributed by atoms with E-state index in [1.54, 1.807) is 13.8 Å². The first-order chi connectivity index (χ1) is 14.0. The van der Waals surface area contributed by atoms with Crippen molar-refractivity contribution in [3.8, 4) is 5.75 Å². The van der Waals surface area contributed by atoms with Crippen molar-refractivity contribution >= 4 is 23.6 Å². The Balaban J connectivity index is 2.21. The van der Waals surface area contributed by atoms with Gasteiger partial charge in [0.15, 0.2) is 0 Å². The van der Waals surface area contributed by atoms with Crippen molar-refractivity contribution in [1.82, 2.24) is 5.01 Å². The molecule has 0 radical (unpaired) electrons. The Kier molecular flexibility index (Phi) is 7.37. The van der Waals surface area contributed by atoms with Crippen LogP contribution in [-0.4, -0.2) is 60.3 Å². The van der Waals surface area contributed by atoms with E-state index in [-0.39, 0.29) is 29.4 Å². The molecule has 1 heterocycles. The van der Waals surface area contributed by atoms with Gasteiger partial charge < -0.3 is 24.6 Å². The fourth-order valence-corrected chi connectivity index (χ4v) is 2.73. The van der Waals surface area contributed by atoms with Crippen molar-refractivity contribution in [2.75, 3.05) is 27.0 Å². The zero-order chi connectivity index (χ0) is 22.6. The van der Waals surface area contributed by atoms with Gasteiger partial charge in [0.25, 0.3) is 6.79 Å². The van der Waals surface area contributed by atoms with Crippen LogP contribution >= 0.6 is 11.6 Å². The number of carbonyl (C=O) groups excluding carboxylic acids is 1. The summed E-state index contributed by atoms with van der Waals surface area (Å²) in [5.74, 6) is -1.43. The van der Waals surface area contributed by atoms with Crippen LogP contribution in [0, 0.1) is 19.1 Å². The normalized spacial score (nSPS) is 16.3. The van der Waals surface area contributed by atoms with E-state index < -0.39 is 30.6 Å². The van der Waals surface area contributed by atoms with Crippen LogP contribution in [0.3, 0.4) is 0 Å². The molecule has 0 aromatic heterocycles. The lowest BCUT2D eigenvalue weighted by Crippen LogP contribution is -2.41. The van der Waals surface area contributed by atoms with Gasteiger partial charge in [-0.3, -0.25) is 0 Å². The molecule has 30 heavy (non-hydrogen) atoms. The number of esters is 1. The molecule has 0 fully saturated rings. The first kappa shape index (κ1) is 23.5. The van der Waals surface area contributed by atoms with Gasteiger partial charge in [0, 0.05) is 10.6 Å². The molecule has 1 aromatic rings. The molecule has 2 rings (SSSR count). The van der Waals surface area contributed by atoms with Crippen LogP contribution in [0.15, 0.2) is 16.9 Å². The third kappa shape index (κ3) is 5.25. The monoisotopic (exact) mass is 453 g/mol. The molecule has 166 valence electrons. The maximum absolute atomic E-state index is 13.5. The lowest BCUT2D eigenvalue weighted by Gasteiger charge is -2.29. The number of halogens is 4. The number of benzene rings is 1. The minimum atomic E-state index is -4.89. The van der Waals surface area contributed by atoms with E-state index in [1.807, 2.05) is 0 Å². The summed E-state index contributed by atoms with van der Waals surface area (Å²) in [5.41, 5.74) is 0.382. The van der Waals surface area contributed by atoms with Crippen molar-refractivity contribution in [3.63, 3.8) is 0 Å². The number of hydrogen-bond acceptors (Lipinski definition) is 7. The Labute approximate surface area is 174 Å². The molecule has 9 nitrogen and oxygen atoms in total. The zero-order valence-corrected chi connectivity index (χ0v) is 17.0. The first-order valence-corrected chi connectivity index (χ1v) is 8.89. The van der Waals surface area contributed by atoms with Crippen molar-refractivity contribution in [3.05, 3.63) is 38.6 Å². The number of ether oxygens (including phenoxy) is 2. The SMILES string of the molecule is Cc1cc2c(c(C)c1Cl)C=C(C(=O)OCON=[N+]([O-])N(C)CCO)[C@@H](C(F)(F)F)O2. The lowest BCUT2D eigenvalue weighted by atomic mass is 9.96. The molecule has 0 saturated heterocycles. The average Bonchev–Trinajstić information content (AvgIpc) is 2.67. The van der Waals surface area contributed by atoms with Crippen LogP contribution in [-0.2, 0) is 14.4 Å². The highest BCUT2D eigenvalue weighted by Crippen LogP contribution is 2.41. The average molecular weight is 454 g/mol. The number of rotatable bonds is 7. The maximum Gasteiger partial charge on any atom is 0.430 e. The van der Waals surface area contributed by atoms with E-state index in [4.69, 9.17) is 21.4 Å². The van der Waals surface area contributed by atoms with Gasteiger partial charge in [-0.1, -0.05) is 11.6 Å². The summed E-state index contributed by atoms with van der Waals surface area (Å²) in [7, 11) is 1.30. The molecule has 0 bridgehead atoms. The fourth-order valence-electron chi connectivity index (χ4n) is 2.57. The number of hydrazine groups is 1. The van der Waals surface area contributed by atoms with Crippen molar-refractivity contribution in [2.45, 2.75) is 26.1 Å². The number of aliphatic hydroxyl groups is 1. The van der Waals surface area contributed by atoms with Crippen LogP contribution in [0.4, 0.5) is 13.2 Å². The molecular weight excluding hydrogens is 435 g/mol. The molecular formula is C17H19ClF3N3O6. The molecule has 0 unspecified atom stereocenters. The summed E-state index contributed by atoms with van der Waals surface area (Å²) in [6, 6.07) is 1.36. The lowest BCUT2D eigenvalue weighted by molar-refractivity contribution is -0.706. The number of likely N-dealkylation sites (N-methyl/N-ethyl adjacent to an activating group) is 1. The fraction of sp³-hybridized carbons (Fsp3) is 0.471. The molecule has 1 aromatic carbocycles. The Hall–Kier alpha value is -2.73. The summed E-state index contributed by atoms with van der Waals surface area (Å²) in [4.78, 5) is 16.7. The van der Waals surface area contributed by atoms with Crippen LogP contribution < -0.4 is 4.74 Å². The molecule has 0 amide bonds. The standard InChI is InChI=1S/C17H19ClF3N3O6/c1-9-6-13-11(10(2)14(9)18)7-12(15(30-13)17(19,20)21)16(26)28-8-29-22-24(27)23(3)4-5-25/h6-7,15,25H,4-5,8H2,1-3H3/t15-/m0/s1. The van der Waals surface area contributed by atoms with Crippen molar-refractivity contribution < 1.29 is 42.4 Å². The topological polar surface area (TPSA) is 107 Å². The van der Waals surface area contributed by atoms with Gasteiger partial charge in [-0.2, -0.15) is 13.2 Å². The highest BCUT2D eigenvalue weighted by atomic mass is 35.5. The maximum atomic E-state index is 13.5. The molecule has 1 N–H and O–H groups in total. The van der Waals surface area contributed by atoms with E-state index in [9.17, 15) is 23.2 Å². The van der Waals surface area contributed by atoms with Gasteiger partial charge in [0.1, 0.15) is 5.75 Å². The number of nitrogens with zero attached hydrogens (tertiary/aromatic N) is 3. The van der Waals surface area contributed by atoms with E-state index in [0.29, 0.717) is 16.1 Å². The second kappa shape index (κ2) is 9.39. The number of alkyl halides is 3. The Morgan fingerprint density at radius 3 is 2.73 bits per heavy atom. The van der Waals surface area contributed by atoms with Crippen LogP contribution in [0.1, 0.15) is 16.7 Å². The smallest absolute Gasteiger partial charge is 0.430 e. The van der Waals surface area contributed by atoms with E-state index in [2.05, 4.69) is 14.9 Å². The van der Waals surface area contributed by atoms with Gasteiger partial charge in [0.2, 0.25) is 11.4 Å². The number of aryl methyl sites for hydroxylation is 1. The molecule has 0 spiro atoms. The zero-order valence-electron chi connectivity index (χ0n) is 16.2. The molecule has 1 aliphatic rings. The summed E-state index contributed by atoms with van der Waals surface area (Å²) in [6.45, 7) is 1.91. The Morgan fingerprint density at radius 2 is 2.13 bits per heavy atom. The van der Waals surface area contributed by atoms with E-state index in [0.717, 1.165) is 11.1 Å². The van der Waals surface area contributed by atoms with Crippen LogP contribution in [0.2, 0.25) is 5.02 Å². The second-order valence-corrected chi connectivity index (χ2v) is 6.68. The van der Waals surface area contributed by atoms with E-state index in [1.165, 1.54) is 13.1 Å². The van der Waals surface area contributed by atoms with E-state index >= 15 is 0 Å².